The summed E-state index contributed by atoms with van der Waals surface area (Å²) in [6, 6.07) is 0. The minimum absolute atomic E-state index is 0.191. The molecule has 0 heterocycles. The van der Waals surface area contributed by atoms with Crippen LogP contribution in [0.5, 0.6) is 0 Å². The Balaban J connectivity index is 3.46. The third kappa shape index (κ3) is 20.6. The fourth-order valence-electron chi connectivity index (χ4n) is 4.31. The Kier molecular flexibility index (Phi) is 24.1. The second kappa shape index (κ2) is 24.6. The standard InChI is InChI=1S/C28H54O2/c1-3-5-7-9-11-13-14-15-17-18-20-22-24-27(26-29)28(30)25-23-21-19-16-12-10-8-6-4-2/h26-27H,3-25H2,1-2H3. The van der Waals surface area contributed by atoms with Crippen molar-refractivity contribution >= 4 is 12.1 Å². The van der Waals surface area contributed by atoms with E-state index in [-0.39, 0.29) is 11.7 Å². The van der Waals surface area contributed by atoms with Gasteiger partial charge in [-0.1, -0.05) is 142 Å². The predicted octanol–water partition coefficient (Wildman–Crippen LogP) is 9.38. The van der Waals surface area contributed by atoms with E-state index in [1.807, 2.05) is 0 Å². The first-order valence-electron chi connectivity index (χ1n) is 13.7. The minimum Gasteiger partial charge on any atom is -0.303 e. The van der Waals surface area contributed by atoms with E-state index in [1.54, 1.807) is 0 Å². The van der Waals surface area contributed by atoms with Crippen LogP contribution in [0.2, 0.25) is 0 Å². The number of ketones is 1. The summed E-state index contributed by atoms with van der Waals surface area (Å²) in [6.45, 7) is 4.52. The van der Waals surface area contributed by atoms with Crippen molar-refractivity contribution in [2.75, 3.05) is 0 Å². The number of rotatable bonds is 25. The highest BCUT2D eigenvalue weighted by Crippen LogP contribution is 2.17. The second-order valence-electron chi connectivity index (χ2n) is 9.47. The zero-order valence-electron chi connectivity index (χ0n) is 20.7. The van der Waals surface area contributed by atoms with Crippen LogP contribution < -0.4 is 0 Å². The van der Waals surface area contributed by atoms with E-state index in [0.717, 1.165) is 32.0 Å². The van der Waals surface area contributed by atoms with Gasteiger partial charge in [-0.25, -0.2) is 0 Å². The van der Waals surface area contributed by atoms with Crippen molar-refractivity contribution in [3.63, 3.8) is 0 Å². The van der Waals surface area contributed by atoms with Crippen LogP contribution in [0.25, 0.3) is 0 Å². The lowest BCUT2D eigenvalue weighted by atomic mass is 9.94. The molecule has 0 aliphatic rings. The normalized spacial score (nSPS) is 12.2. The maximum absolute atomic E-state index is 12.3. The first-order chi connectivity index (χ1) is 14.8. The molecule has 0 aromatic carbocycles. The summed E-state index contributed by atoms with van der Waals surface area (Å²) < 4.78 is 0. The molecule has 0 saturated heterocycles. The summed E-state index contributed by atoms with van der Waals surface area (Å²) in [4.78, 5) is 23.6. The zero-order valence-corrected chi connectivity index (χ0v) is 20.7. The second-order valence-corrected chi connectivity index (χ2v) is 9.47. The summed E-state index contributed by atoms with van der Waals surface area (Å²) in [5.74, 6) is -0.141. The SMILES string of the molecule is CCCCCCCCCCCCCCC(C=O)C(=O)CCCCCCCCCCC. The Labute approximate surface area is 189 Å². The Hall–Kier alpha value is -0.660. The molecule has 0 aliphatic heterocycles. The van der Waals surface area contributed by atoms with Gasteiger partial charge < -0.3 is 4.79 Å². The molecule has 0 aromatic heterocycles. The Morgan fingerprint density at radius 3 is 1.23 bits per heavy atom. The molecule has 30 heavy (non-hydrogen) atoms. The molecule has 0 rings (SSSR count). The smallest absolute Gasteiger partial charge is 0.143 e. The number of hydrogen-bond donors (Lipinski definition) is 0. The van der Waals surface area contributed by atoms with Crippen LogP contribution in [0.15, 0.2) is 0 Å². The molecule has 0 fully saturated rings. The monoisotopic (exact) mass is 422 g/mol. The lowest BCUT2D eigenvalue weighted by Gasteiger charge is -2.09. The van der Waals surface area contributed by atoms with Crippen molar-refractivity contribution in [1.29, 1.82) is 0 Å². The van der Waals surface area contributed by atoms with Crippen molar-refractivity contribution in [2.45, 2.75) is 162 Å². The lowest BCUT2D eigenvalue weighted by Crippen LogP contribution is -2.15. The minimum atomic E-state index is -0.331. The molecule has 0 N–H and O–H groups in total. The fourth-order valence-corrected chi connectivity index (χ4v) is 4.31. The molecule has 2 nitrogen and oxygen atoms in total. The van der Waals surface area contributed by atoms with Gasteiger partial charge in [0, 0.05) is 6.42 Å². The van der Waals surface area contributed by atoms with Crippen LogP contribution in [-0.4, -0.2) is 12.1 Å². The largest absolute Gasteiger partial charge is 0.303 e. The molecule has 0 amide bonds. The summed E-state index contributed by atoms with van der Waals surface area (Å²) in [5.41, 5.74) is 0. The van der Waals surface area contributed by atoms with Crippen molar-refractivity contribution in [3.05, 3.63) is 0 Å². The van der Waals surface area contributed by atoms with Crippen molar-refractivity contribution in [2.24, 2.45) is 5.92 Å². The molecule has 1 unspecified atom stereocenters. The molecule has 0 bridgehead atoms. The highest BCUT2D eigenvalue weighted by Gasteiger charge is 2.16. The molecular formula is C28H54O2. The van der Waals surface area contributed by atoms with Crippen LogP contribution in [0.1, 0.15) is 162 Å². The zero-order chi connectivity index (χ0) is 22.1. The van der Waals surface area contributed by atoms with Crippen molar-refractivity contribution in [1.82, 2.24) is 0 Å². The highest BCUT2D eigenvalue weighted by molar-refractivity contribution is 5.93. The van der Waals surface area contributed by atoms with E-state index in [1.165, 1.54) is 116 Å². The third-order valence-corrected chi connectivity index (χ3v) is 6.47. The number of Topliss-reactive ketones (excluding diaryl/α,β-unsaturated/α-hetero) is 1. The Morgan fingerprint density at radius 2 is 0.867 bits per heavy atom. The molecular weight excluding hydrogens is 368 g/mol. The van der Waals surface area contributed by atoms with Gasteiger partial charge in [-0.2, -0.15) is 0 Å². The average molecular weight is 423 g/mol. The van der Waals surface area contributed by atoms with Gasteiger partial charge in [0.25, 0.3) is 0 Å². The van der Waals surface area contributed by atoms with E-state index in [4.69, 9.17) is 0 Å². The third-order valence-electron chi connectivity index (χ3n) is 6.47. The summed E-state index contributed by atoms with van der Waals surface area (Å²) in [7, 11) is 0. The average Bonchev–Trinajstić information content (AvgIpc) is 2.75. The van der Waals surface area contributed by atoms with Crippen molar-refractivity contribution < 1.29 is 9.59 Å². The van der Waals surface area contributed by atoms with Gasteiger partial charge in [0.2, 0.25) is 0 Å². The van der Waals surface area contributed by atoms with E-state index in [9.17, 15) is 9.59 Å². The molecule has 0 aliphatic carbocycles. The van der Waals surface area contributed by atoms with E-state index >= 15 is 0 Å². The molecule has 0 aromatic rings. The number of unbranched alkanes of at least 4 members (excludes halogenated alkanes) is 19. The molecule has 1 atom stereocenters. The summed E-state index contributed by atoms with van der Waals surface area (Å²) >= 11 is 0. The highest BCUT2D eigenvalue weighted by atomic mass is 16.1. The number of carbonyl (C=O) groups is 2. The Morgan fingerprint density at radius 1 is 0.533 bits per heavy atom. The predicted molar refractivity (Wildman–Crippen MR) is 132 cm³/mol. The first kappa shape index (κ1) is 29.3. The molecule has 178 valence electrons. The van der Waals surface area contributed by atoms with E-state index in [0.29, 0.717) is 6.42 Å². The summed E-state index contributed by atoms with van der Waals surface area (Å²) in [6.07, 6.45) is 29.5. The van der Waals surface area contributed by atoms with Gasteiger partial charge in [-0.3, -0.25) is 4.79 Å². The number of carbonyl (C=O) groups excluding carboxylic acids is 2. The molecule has 0 saturated carbocycles. The van der Waals surface area contributed by atoms with Crippen LogP contribution in [-0.2, 0) is 9.59 Å². The van der Waals surface area contributed by atoms with Gasteiger partial charge in [0.15, 0.2) is 0 Å². The maximum Gasteiger partial charge on any atom is 0.143 e. The van der Waals surface area contributed by atoms with Crippen LogP contribution in [0.4, 0.5) is 0 Å². The molecule has 2 heteroatoms. The topological polar surface area (TPSA) is 34.1 Å². The van der Waals surface area contributed by atoms with Crippen LogP contribution in [0.3, 0.4) is 0 Å². The lowest BCUT2D eigenvalue weighted by molar-refractivity contribution is -0.127. The first-order valence-corrected chi connectivity index (χ1v) is 13.7. The number of hydrogen-bond acceptors (Lipinski definition) is 2. The van der Waals surface area contributed by atoms with Gasteiger partial charge in [-0.05, 0) is 12.8 Å². The van der Waals surface area contributed by atoms with Gasteiger partial charge >= 0.3 is 0 Å². The Bertz CT molecular complexity index is 364. The quantitative estimate of drug-likeness (QED) is 0.0834. The maximum atomic E-state index is 12.3. The molecule has 0 spiro atoms. The van der Waals surface area contributed by atoms with Gasteiger partial charge in [-0.15, -0.1) is 0 Å². The van der Waals surface area contributed by atoms with Gasteiger partial charge in [0.05, 0.1) is 5.92 Å². The van der Waals surface area contributed by atoms with E-state index in [2.05, 4.69) is 13.8 Å². The van der Waals surface area contributed by atoms with E-state index < -0.39 is 0 Å². The van der Waals surface area contributed by atoms with Gasteiger partial charge in [0.1, 0.15) is 12.1 Å². The summed E-state index contributed by atoms with van der Waals surface area (Å²) in [5, 5.41) is 0. The van der Waals surface area contributed by atoms with Crippen LogP contribution >= 0.6 is 0 Å². The fraction of sp³-hybridized carbons (Fsp3) is 0.929. The number of aldehydes is 1. The van der Waals surface area contributed by atoms with Crippen LogP contribution in [0, 0.1) is 5.92 Å². The molecule has 0 radical (unpaired) electrons. The van der Waals surface area contributed by atoms with Crippen molar-refractivity contribution in [3.8, 4) is 0 Å².